The highest BCUT2D eigenvalue weighted by atomic mass is 35.6. The van der Waals surface area contributed by atoms with Crippen LogP contribution in [0.1, 0.15) is 11.7 Å². The van der Waals surface area contributed by atoms with Crippen molar-refractivity contribution in [1.82, 2.24) is 0 Å². The molecule has 1 aromatic carbocycles. The fourth-order valence-electron chi connectivity index (χ4n) is 0.834. The minimum absolute atomic E-state index is 0.362. The highest BCUT2D eigenvalue weighted by Gasteiger charge is 2.31. The zero-order chi connectivity index (χ0) is 10.1. The monoisotopic (exact) mass is 242 g/mol. The molecule has 0 fully saturated rings. The van der Waals surface area contributed by atoms with Crippen molar-refractivity contribution in [3.05, 3.63) is 35.6 Å². The van der Waals surface area contributed by atoms with Crippen LogP contribution in [0.25, 0.3) is 0 Å². The lowest BCUT2D eigenvalue weighted by molar-refractivity contribution is 0.182. The minimum Gasteiger partial charge on any atom is -0.384 e. The Morgan fingerprint density at radius 2 is 1.62 bits per heavy atom. The molecule has 0 amide bonds. The minimum atomic E-state index is -1.79. The first-order chi connectivity index (χ1) is 5.91. The topological polar surface area (TPSA) is 20.2 Å². The van der Waals surface area contributed by atoms with Gasteiger partial charge in [0, 0.05) is 0 Å². The van der Waals surface area contributed by atoms with Crippen LogP contribution in [0.3, 0.4) is 0 Å². The van der Waals surface area contributed by atoms with E-state index in [1.807, 2.05) is 0 Å². The number of hydrogen-bond acceptors (Lipinski definition) is 1. The van der Waals surface area contributed by atoms with Gasteiger partial charge >= 0.3 is 0 Å². The summed E-state index contributed by atoms with van der Waals surface area (Å²) in [6, 6.07) is 5.10. The molecular weight excluding hydrogens is 237 g/mol. The van der Waals surface area contributed by atoms with Gasteiger partial charge in [0.05, 0.1) is 0 Å². The molecule has 0 aliphatic rings. The van der Waals surface area contributed by atoms with Gasteiger partial charge in [0.2, 0.25) is 3.79 Å². The Kier molecular flexibility index (Phi) is 3.41. The number of aliphatic hydroxyl groups excluding tert-OH is 1. The van der Waals surface area contributed by atoms with Crippen LogP contribution in [-0.2, 0) is 0 Å². The Morgan fingerprint density at radius 3 is 2.00 bits per heavy atom. The molecule has 0 radical (unpaired) electrons. The average Bonchev–Trinajstić information content (AvgIpc) is 2.03. The summed E-state index contributed by atoms with van der Waals surface area (Å²) in [5, 5.41) is 9.43. The van der Waals surface area contributed by atoms with Crippen LogP contribution in [0.15, 0.2) is 24.3 Å². The third-order valence-corrected chi connectivity index (χ3v) is 2.12. The molecule has 13 heavy (non-hydrogen) atoms. The van der Waals surface area contributed by atoms with E-state index in [4.69, 9.17) is 34.8 Å². The number of benzene rings is 1. The summed E-state index contributed by atoms with van der Waals surface area (Å²) in [6.07, 6.45) is -1.25. The molecule has 0 aromatic heterocycles. The van der Waals surface area contributed by atoms with Crippen molar-refractivity contribution in [1.29, 1.82) is 0 Å². The summed E-state index contributed by atoms with van der Waals surface area (Å²) in [5.41, 5.74) is 0.362. The van der Waals surface area contributed by atoms with Crippen molar-refractivity contribution in [2.75, 3.05) is 0 Å². The molecule has 1 atom stereocenters. The molecule has 1 unspecified atom stereocenters. The van der Waals surface area contributed by atoms with Crippen LogP contribution in [0, 0.1) is 5.82 Å². The first-order valence-electron chi connectivity index (χ1n) is 3.41. The van der Waals surface area contributed by atoms with Gasteiger partial charge < -0.3 is 5.11 Å². The molecule has 0 aliphatic carbocycles. The zero-order valence-electron chi connectivity index (χ0n) is 6.35. The van der Waals surface area contributed by atoms with Gasteiger partial charge in [-0.2, -0.15) is 0 Å². The largest absolute Gasteiger partial charge is 0.384 e. The maximum Gasteiger partial charge on any atom is 0.220 e. The normalized spacial score (nSPS) is 14.2. The van der Waals surface area contributed by atoms with Crippen molar-refractivity contribution in [2.24, 2.45) is 0 Å². The van der Waals surface area contributed by atoms with Gasteiger partial charge in [0.1, 0.15) is 11.9 Å². The number of rotatable bonds is 1. The number of halogens is 4. The Bertz CT molecular complexity index is 280. The van der Waals surface area contributed by atoms with Crippen LogP contribution in [0.5, 0.6) is 0 Å². The molecule has 0 spiro atoms. The van der Waals surface area contributed by atoms with Crippen molar-refractivity contribution in [3.8, 4) is 0 Å². The van der Waals surface area contributed by atoms with E-state index in [2.05, 4.69) is 0 Å². The van der Waals surface area contributed by atoms with E-state index in [0.29, 0.717) is 5.56 Å². The smallest absolute Gasteiger partial charge is 0.220 e. The van der Waals surface area contributed by atoms with Gasteiger partial charge in [-0.1, -0.05) is 46.9 Å². The molecule has 0 bridgehead atoms. The molecule has 5 heteroatoms. The lowest BCUT2D eigenvalue weighted by Crippen LogP contribution is -2.16. The van der Waals surface area contributed by atoms with Crippen LogP contribution < -0.4 is 0 Å². The summed E-state index contributed by atoms with van der Waals surface area (Å²) >= 11 is 16.3. The molecule has 1 rings (SSSR count). The van der Waals surface area contributed by atoms with Gasteiger partial charge in [-0.3, -0.25) is 0 Å². The standard InChI is InChI=1S/C8H6Cl3FO/c9-8(10,11)7(13)5-1-3-6(12)4-2-5/h1-4,7,13H. The first kappa shape index (κ1) is 11.1. The molecule has 0 saturated heterocycles. The molecule has 1 nitrogen and oxygen atoms in total. The van der Waals surface area contributed by atoms with Gasteiger partial charge in [0.15, 0.2) is 0 Å². The van der Waals surface area contributed by atoms with Gasteiger partial charge in [0.25, 0.3) is 0 Å². The summed E-state index contributed by atoms with van der Waals surface area (Å²) in [4.78, 5) is 0. The van der Waals surface area contributed by atoms with E-state index in [0.717, 1.165) is 0 Å². The van der Waals surface area contributed by atoms with E-state index in [1.54, 1.807) is 0 Å². The Labute approximate surface area is 90.0 Å². The summed E-state index contributed by atoms with van der Waals surface area (Å²) in [7, 11) is 0. The lowest BCUT2D eigenvalue weighted by Gasteiger charge is -2.18. The van der Waals surface area contributed by atoms with E-state index < -0.39 is 15.7 Å². The predicted molar refractivity (Wildman–Crippen MR) is 51.6 cm³/mol. The fraction of sp³-hybridized carbons (Fsp3) is 0.250. The highest BCUT2D eigenvalue weighted by molar-refractivity contribution is 6.68. The van der Waals surface area contributed by atoms with Gasteiger partial charge in [-0.25, -0.2) is 4.39 Å². The zero-order valence-corrected chi connectivity index (χ0v) is 8.61. The summed E-state index contributed by atoms with van der Waals surface area (Å²) in [5.74, 6) is -0.403. The summed E-state index contributed by atoms with van der Waals surface area (Å²) < 4.78 is 10.7. The maximum atomic E-state index is 12.5. The molecule has 1 N–H and O–H groups in total. The molecule has 0 aliphatic heterocycles. The van der Waals surface area contributed by atoms with Crippen LogP contribution in [0.2, 0.25) is 0 Å². The van der Waals surface area contributed by atoms with Crippen LogP contribution in [-0.4, -0.2) is 8.90 Å². The maximum absolute atomic E-state index is 12.5. The van der Waals surface area contributed by atoms with Gasteiger partial charge in [-0.15, -0.1) is 0 Å². The van der Waals surface area contributed by atoms with Crippen molar-refractivity contribution in [2.45, 2.75) is 9.90 Å². The van der Waals surface area contributed by atoms with Crippen molar-refractivity contribution < 1.29 is 9.50 Å². The third-order valence-electron chi connectivity index (χ3n) is 1.50. The van der Waals surface area contributed by atoms with E-state index in [1.165, 1.54) is 24.3 Å². The number of alkyl halides is 3. The Balaban J connectivity index is 2.90. The SMILES string of the molecule is OC(c1ccc(F)cc1)C(Cl)(Cl)Cl. The fourth-order valence-corrected chi connectivity index (χ4v) is 1.21. The Morgan fingerprint density at radius 1 is 1.15 bits per heavy atom. The second-order valence-electron chi connectivity index (χ2n) is 2.50. The van der Waals surface area contributed by atoms with Crippen molar-refractivity contribution >= 4 is 34.8 Å². The predicted octanol–water partition coefficient (Wildman–Crippen LogP) is 3.23. The van der Waals surface area contributed by atoms with E-state index in [-0.39, 0.29) is 0 Å². The second kappa shape index (κ2) is 4.01. The van der Waals surface area contributed by atoms with Crippen LogP contribution in [0.4, 0.5) is 4.39 Å². The van der Waals surface area contributed by atoms with Crippen LogP contribution >= 0.6 is 34.8 Å². The second-order valence-corrected chi connectivity index (χ2v) is 4.86. The molecule has 1 aromatic rings. The molecular formula is C8H6Cl3FO. The average molecular weight is 243 g/mol. The molecule has 72 valence electrons. The number of aliphatic hydroxyl groups is 1. The lowest BCUT2D eigenvalue weighted by atomic mass is 10.1. The molecule has 0 saturated carbocycles. The highest BCUT2D eigenvalue weighted by Crippen LogP contribution is 2.39. The van der Waals surface area contributed by atoms with Crippen molar-refractivity contribution in [3.63, 3.8) is 0 Å². The quantitative estimate of drug-likeness (QED) is 0.751. The van der Waals surface area contributed by atoms with E-state index >= 15 is 0 Å². The summed E-state index contributed by atoms with van der Waals surface area (Å²) in [6.45, 7) is 0. The molecule has 0 heterocycles. The van der Waals surface area contributed by atoms with Gasteiger partial charge in [-0.05, 0) is 17.7 Å². The Hall–Kier alpha value is -0.0200. The number of hydrogen-bond donors (Lipinski definition) is 1. The third kappa shape index (κ3) is 2.99. The first-order valence-corrected chi connectivity index (χ1v) is 4.55. The van der Waals surface area contributed by atoms with E-state index in [9.17, 15) is 9.50 Å².